The van der Waals surface area contributed by atoms with Crippen LogP contribution >= 0.6 is 0 Å². The van der Waals surface area contributed by atoms with Crippen LogP contribution in [0, 0.1) is 17.8 Å². The molecule has 0 aromatic rings. The van der Waals surface area contributed by atoms with Gasteiger partial charge in [-0.3, -0.25) is 0 Å². The molecule has 2 aliphatic carbocycles. The van der Waals surface area contributed by atoms with Gasteiger partial charge in [-0.15, -0.1) is 0 Å². The Bertz CT molecular complexity index is 389. The molecule has 0 aromatic carbocycles. The molecule has 0 unspecified atom stereocenters. The molecule has 1 heterocycles. The summed E-state index contributed by atoms with van der Waals surface area (Å²) in [6, 6.07) is 0. The molecule has 2 N–H and O–H groups in total. The molecule has 0 bridgehead atoms. The number of aliphatic hydroxyl groups is 2. The zero-order chi connectivity index (χ0) is 16.1. The lowest BCUT2D eigenvalue weighted by atomic mass is 9.90. The first-order valence-electron chi connectivity index (χ1n) is 9.48. The van der Waals surface area contributed by atoms with Crippen LogP contribution in [0.4, 0.5) is 0 Å². The number of hydrogen-bond donors (Lipinski definition) is 2. The van der Waals surface area contributed by atoms with Crippen molar-refractivity contribution in [2.75, 3.05) is 19.8 Å². The van der Waals surface area contributed by atoms with Gasteiger partial charge in [0.1, 0.15) is 0 Å². The van der Waals surface area contributed by atoms with Crippen molar-refractivity contribution in [1.29, 1.82) is 0 Å². The molecular weight excluding hydrogens is 292 g/mol. The maximum Gasteiger partial charge on any atom is 0.169 e. The normalized spacial score (nSPS) is 35.6. The van der Waals surface area contributed by atoms with Gasteiger partial charge in [0.25, 0.3) is 0 Å². The van der Waals surface area contributed by atoms with Gasteiger partial charge in [0.05, 0.1) is 19.3 Å². The summed E-state index contributed by atoms with van der Waals surface area (Å²) in [5.74, 6) is 1.02. The monoisotopic (exact) mass is 324 g/mol. The van der Waals surface area contributed by atoms with E-state index in [9.17, 15) is 5.11 Å². The van der Waals surface area contributed by atoms with Gasteiger partial charge in [-0.2, -0.15) is 0 Å². The van der Waals surface area contributed by atoms with Crippen LogP contribution in [0.3, 0.4) is 0 Å². The molecule has 0 aromatic heterocycles. The zero-order valence-corrected chi connectivity index (χ0v) is 14.2. The van der Waals surface area contributed by atoms with E-state index in [-0.39, 0.29) is 17.8 Å². The van der Waals surface area contributed by atoms with Crippen molar-refractivity contribution in [2.24, 2.45) is 17.8 Å². The Balaban J connectivity index is 1.41. The van der Waals surface area contributed by atoms with Crippen LogP contribution in [-0.4, -0.2) is 41.9 Å². The average molecular weight is 324 g/mol. The number of ether oxygens (including phenoxy) is 2. The lowest BCUT2D eigenvalue weighted by Crippen LogP contribution is -2.29. The average Bonchev–Trinajstić information content (AvgIpc) is 3.20. The lowest BCUT2D eigenvalue weighted by Gasteiger charge is -2.25. The van der Waals surface area contributed by atoms with E-state index in [4.69, 9.17) is 14.6 Å². The SMILES string of the molecule is OCCCCCCCC=C[C@@H]1[C@H]2CC3(C[C@H]2C[C@H]1O)OCCO3. The Hall–Kier alpha value is -0.420. The molecule has 1 saturated heterocycles. The second kappa shape index (κ2) is 8.11. The van der Waals surface area contributed by atoms with Crippen LogP contribution in [0.15, 0.2) is 12.2 Å². The lowest BCUT2D eigenvalue weighted by molar-refractivity contribution is -0.157. The minimum Gasteiger partial charge on any atom is -0.396 e. The molecule has 1 spiro atoms. The summed E-state index contributed by atoms with van der Waals surface area (Å²) in [5, 5.41) is 19.1. The van der Waals surface area contributed by atoms with Crippen molar-refractivity contribution in [1.82, 2.24) is 0 Å². The van der Waals surface area contributed by atoms with E-state index in [0.29, 0.717) is 18.4 Å². The number of aliphatic hydroxyl groups excluding tert-OH is 2. The minimum atomic E-state index is -0.325. The maximum atomic E-state index is 10.4. The fourth-order valence-electron chi connectivity index (χ4n) is 4.78. The van der Waals surface area contributed by atoms with Crippen LogP contribution in [0.2, 0.25) is 0 Å². The molecule has 0 radical (unpaired) electrons. The zero-order valence-electron chi connectivity index (χ0n) is 14.2. The first-order chi connectivity index (χ1) is 11.2. The van der Waals surface area contributed by atoms with Crippen LogP contribution in [0.5, 0.6) is 0 Å². The van der Waals surface area contributed by atoms with Crippen molar-refractivity contribution >= 4 is 0 Å². The second-order valence-electron chi connectivity index (χ2n) is 7.53. The summed E-state index contributed by atoms with van der Waals surface area (Å²) in [7, 11) is 0. The van der Waals surface area contributed by atoms with Gasteiger partial charge < -0.3 is 19.7 Å². The van der Waals surface area contributed by atoms with E-state index >= 15 is 0 Å². The third kappa shape index (κ3) is 4.16. The van der Waals surface area contributed by atoms with E-state index in [1.54, 1.807) is 0 Å². The fraction of sp³-hybridized carbons (Fsp3) is 0.895. The first-order valence-corrected chi connectivity index (χ1v) is 9.48. The number of hydrogen-bond acceptors (Lipinski definition) is 4. The van der Waals surface area contributed by atoms with E-state index < -0.39 is 0 Å². The van der Waals surface area contributed by atoms with E-state index in [2.05, 4.69) is 12.2 Å². The molecule has 132 valence electrons. The van der Waals surface area contributed by atoms with Gasteiger partial charge in [-0.1, -0.05) is 31.4 Å². The second-order valence-corrected chi connectivity index (χ2v) is 7.53. The Kier molecular flexibility index (Phi) is 6.13. The third-order valence-electron chi connectivity index (χ3n) is 5.91. The van der Waals surface area contributed by atoms with Gasteiger partial charge in [-0.05, 0) is 37.5 Å². The van der Waals surface area contributed by atoms with Gasteiger partial charge in [0.2, 0.25) is 0 Å². The van der Waals surface area contributed by atoms with Gasteiger partial charge in [0, 0.05) is 25.4 Å². The van der Waals surface area contributed by atoms with Crippen molar-refractivity contribution < 1.29 is 19.7 Å². The fourth-order valence-corrected chi connectivity index (χ4v) is 4.78. The van der Waals surface area contributed by atoms with Gasteiger partial charge in [0.15, 0.2) is 5.79 Å². The predicted molar refractivity (Wildman–Crippen MR) is 88.9 cm³/mol. The molecule has 4 nitrogen and oxygen atoms in total. The molecule has 0 amide bonds. The van der Waals surface area contributed by atoms with Crippen LogP contribution in [0.1, 0.15) is 57.8 Å². The van der Waals surface area contributed by atoms with E-state index in [1.807, 2.05) is 0 Å². The standard InChI is InChI=1S/C19H32O4/c20-9-7-5-3-1-2-4-6-8-16-17-14-19(22-10-11-23-19)13-15(17)12-18(16)21/h6,8,15-18,20-21H,1-5,7,9-14H2/t15-,16-,17+,18-/m1/s1. The summed E-state index contributed by atoms with van der Waals surface area (Å²) in [4.78, 5) is 0. The van der Waals surface area contributed by atoms with Crippen molar-refractivity contribution in [3.8, 4) is 0 Å². The molecule has 2 saturated carbocycles. The molecule has 23 heavy (non-hydrogen) atoms. The third-order valence-corrected chi connectivity index (χ3v) is 5.91. The maximum absolute atomic E-state index is 10.4. The van der Waals surface area contributed by atoms with Crippen LogP contribution in [-0.2, 0) is 9.47 Å². The Morgan fingerprint density at radius 3 is 2.52 bits per heavy atom. The number of allylic oxidation sites excluding steroid dienone is 1. The van der Waals surface area contributed by atoms with Crippen molar-refractivity contribution in [3.63, 3.8) is 0 Å². The number of fused-ring (bicyclic) bond motifs is 1. The Labute approximate surface area is 139 Å². The molecule has 3 aliphatic rings. The Morgan fingerprint density at radius 2 is 1.74 bits per heavy atom. The highest BCUT2D eigenvalue weighted by atomic mass is 16.7. The summed E-state index contributed by atoms with van der Waals surface area (Å²) in [5.41, 5.74) is 0. The molecule has 1 aliphatic heterocycles. The number of unbranched alkanes of at least 4 members (excludes halogenated alkanes) is 5. The highest BCUT2D eigenvalue weighted by Crippen LogP contribution is 2.54. The highest BCUT2D eigenvalue weighted by Gasteiger charge is 2.55. The summed E-state index contributed by atoms with van der Waals surface area (Å²) in [6.07, 6.45) is 13.9. The largest absolute Gasteiger partial charge is 0.396 e. The highest BCUT2D eigenvalue weighted by molar-refractivity contribution is 5.08. The molecule has 4 heteroatoms. The Morgan fingerprint density at radius 1 is 1.00 bits per heavy atom. The van der Waals surface area contributed by atoms with Gasteiger partial charge in [-0.25, -0.2) is 0 Å². The van der Waals surface area contributed by atoms with Crippen molar-refractivity contribution in [2.45, 2.75) is 69.7 Å². The van der Waals surface area contributed by atoms with Crippen LogP contribution < -0.4 is 0 Å². The number of rotatable bonds is 8. The summed E-state index contributed by atoms with van der Waals surface area (Å²) < 4.78 is 11.7. The summed E-state index contributed by atoms with van der Waals surface area (Å²) in [6.45, 7) is 1.76. The van der Waals surface area contributed by atoms with E-state index in [1.165, 1.54) is 19.3 Å². The predicted octanol–water partition coefficient (Wildman–Crippen LogP) is 3.03. The van der Waals surface area contributed by atoms with Crippen LogP contribution in [0.25, 0.3) is 0 Å². The molecule has 3 rings (SSSR count). The summed E-state index contributed by atoms with van der Waals surface area (Å²) >= 11 is 0. The molecule has 4 atom stereocenters. The molecule has 3 fully saturated rings. The quantitative estimate of drug-likeness (QED) is 0.532. The molecular formula is C19H32O4. The first kappa shape index (κ1) is 17.4. The van der Waals surface area contributed by atoms with Crippen molar-refractivity contribution in [3.05, 3.63) is 12.2 Å². The smallest absolute Gasteiger partial charge is 0.169 e. The minimum absolute atomic E-state index is 0.190. The van der Waals surface area contributed by atoms with Gasteiger partial charge >= 0.3 is 0 Å². The topological polar surface area (TPSA) is 58.9 Å². The van der Waals surface area contributed by atoms with E-state index in [0.717, 1.165) is 51.7 Å².